The minimum absolute atomic E-state index is 0.0883. The summed E-state index contributed by atoms with van der Waals surface area (Å²) in [6.45, 7) is 5.50. The van der Waals surface area contributed by atoms with Crippen molar-refractivity contribution in [2.75, 3.05) is 63.5 Å². The molecule has 0 amide bonds. The van der Waals surface area contributed by atoms with Crippen molar-refractivity contribution in [3.8, 4) is 11.5 Å². The Kier molecular flexibility index (Phi) is 14.0. The number of nitrogens with two attached hydrogens (primary N) is 2. The molecule has 0 saturated heterocycles. The lowest BCUT2D eigenvalue weighted by Gasteiger charge is -2.36. The minimum atomic E-state index is 0.0883. The molecule has 1 saturated carbocycles. The fourth-order valence-corrected chi connectivity index (χ4v) is 5.75. The van der Waals surface area contributed by atoms with E-state index in [1.54, 1.807) is 33.4 Å². The Morgan fingerprint density at radius 3 is 2.52 bits per heavy atom. The zero-order valence-electron chi connectivity index (χ0n) is 27.0. The van der Waals surface area contributed by atoms with Crippen LogP contribution in [0.1, 0.15) is 45.1 Å². The van der Waals surface area contributed by atoms with Crippen LogP contribution in [0.2, 0.25) is 0 Å². The maximum absolute atomic E-state index is 6.85. The van der Waals surface area contributed by atoms with Crippen LogP contribution in [0.4, 0.5) is 17.3 Å². The van der Waals surface area contributed by atoms with Gasteiger partial charge in [-0.25, -0.2) is 15.8 Å². The maximum atomic E-state index is 6.85. The molecule has 2 unspecified atom stereocenters. The van der Waals surface area contributed by atoms with E-state index in [0.717, 1.165) is 36.8 Å². The number of anilines is 3. The third kappa shape index (κ3) is 9.20. The van der Waals surface area contributed by atoms with Crippen molar-refractivity contribution in [2.24, 2.45) is 11.8 Å². The van der Waals surface area contributed by atoms with Crippen LogP contribution in [0.25, 0.3) is 0 Å². The van der Waals surface area contributed by atoms with Gasteiger partial charge in [-0.05, 0) is 74.9 Å². The average Bonchev–Trinajstić information content (AvgIpc) is 3.05. The molecule has 242 valence electrons. The molecule has 2 aromatic rings. The van der Waals surface area contributed by atoms with E-state index >= 15 is 0 Å². The Labute approximate surface area is 266 Å². The van der Waals surface area contributed by atoms with Crippen LogP contribution < -0.4 is 31.0 Å². The standard InChI is InChI=1S/C32H48N6O5S/c1-8-10-26(39-3)16-28(41-5)22(2)18-37(19-24-13-14-27(40-4)17-29(24)42-6)31-30(33)32(36-21-35-31)38(34)25-12-9-11-23(15-25)20-43-44-7/h8,10,13-14,16-17,21,23,25H,9,11-12,15,18-20,33-34H2,1-7H3/b10-8-,26-16+,28-22-. The minimum Gasteiger partial charge on any atom is -0.497 e. The summed E-state index contributed by atoms with van der Waals surface area (Å²) in [5.74, 6) is 11.0. The first-order valence-electron chi connectivity index (χ1n) is 14.7. The second-order valence-corrected chi connectivity index (χ2v) is 11.2. The van der Waals surface area contributed by atoms with Gasteiger partial charge in [0.2, 0.25) is 0 Å². The number of nitrogens with zero attached hydrogens (tertiary/aromatic N) is 4. The van der Waals surface area contributed by atoms with Gasteiger partial charge in [-0.2, -0.15) is 0 Å². The monoisotopic (exact) mass is 628 g/mol. The van der Waals surface area contributed by atoms with Crippen LogP contribution >= 0.6 is 12.0 Å². The molecule has 1 aromatic carbocycles. The number of hydrazine groups is 1. The highest BCUT2D eigenvalue weighted by atomic mass is 32.2. The van der Waals surface area contributed by atoms with Gasteiger partial charge in [-0.3, -0.25) is 5.01 Å². The largest absolute Gasteiger partial charge is 0.497 e. The molecule has 3 rings (SSSR count). The third-order valence-electron chi connectivity index (χ3n) is 7.72. The molecule has 1 aliphatic carbocycles. The van der Waals surface area contributed by atoms with Crippen molar-refractivity contribution in [3.63, 3.8) is 0 Å². The van der Waals surface area contributed by atoms with Crippen molar-refractivity contribution < 1.29 is 23.1 Å². The van der Waals surface area contributed by atoms with E-state index in [0.29, 0.717) is 66.0 Å². The van der Waals surface area contributed by atoms with Crippen LogP contribution in [-0.4, -0.2) is 63.9 Å². The molecular formula is C32H48N6O5S. The molecule has 0 bridgehead atoms. The van der Waals surface area contributed by atoms with E-state index in [1.165, 1.54) is 18.4 Å². The normalized spacial score (nSPS) is 17.7. The predicted octanol–water partition coefficient (Wildman–Crippen LogP) is 5.64. The average molecular weight is 629 g/mol. The number of methoxy groups -OCH3 is 4. The molecule has 2 atom stereocenters. The van der Waals surface area contributed by atoms with Crippen LogP contribution in [0.15, 0.2) is 59.8 Å². The molecule has 1 heterocycles. The van der Waals surface area contributed by atoms with E-state index in [-0.39, 0.29) is 6.04 Å². The Morgan fingerprint density at radius 1 is 1.09 bits per heavy atom. The van der Waals surface area contributed by atoms with Gasteiger partial charge in [0.25, 0.3) is 0 Å². The molecule has 4 N–H and O–H groups in total. The third-order valence-corrected chi connectivity index (χ3v) is 8.09. The lowest BCUT2D eigenvalue weighted by Crippen LogP contribution is -2.45. The van der Waals surface area contributed by atoms with Crippen molar-refractivity contribution in [1.82, 2.24) is 9.97 Å². The number of hydrogen-bond acceptors (Lipinski definition) is 12. The first kappa shape index (κ1) is 34.9. The summed E-state index contributed by atoms with van der Waals surface area (Å²) in [5, 5.41) is 1.71. The summed E-state index contributed by atoms with van der Waals surface area (Å²) >= 11 is 1.40. The van der Waals surface area contributed by atoms with Gasteiger partial charge in [0.15, 0.2) is 11.6 Å². The van der Waals surface area contributed by atoms with E-state index in [4.69, 9.17) is 34.7 Å². The van der Waals surface area contributed by atoms with Crippen molar-refractivity contribution in [2.45, 2.75) is 52.1 Å². The fraction of sp³-hybridized carbons (Fsp3) is 0.500. The summed E-state index contributed by atoms with van der Waals surface area (Å²) in [5.41, 5.74) is 9.11. The van der Waals surface area contributed by atoms with Crippen LogP contribution in [0.5, 0.6) is 11.5 Å². The number of rotatable bonds is 16. The summed E-state index contributed by atoms with van der Waals surface area (Å²) in [7, 11) is 6.53. The van der Waals surface area contributed by atoms with E-state index in [1.807, 2.05) is 56.5 Å². The number of nitrogen functional groups attached to an aromatic ring is 1. The summed E-state index contributed by atoms with van der Waals surface area (Å²) in [6, 6.07) is 5.83. The summed E-state index contributed by atoms with van der Waals surface area (Å²) in [6.07, 6.45) is 13.1. The van der Waals surface area contributed by atoms with Gasteiger partial charge < -0.3 is 33.8 Å². The van der Waals surface area contributed by atoms with Gasteiger partial charge >= 0.3 is 0 Å². The van der Waals surface area contributed by atoms with Gasteiger partial charge in [0.05, 0.1) is 35.0 Å². The fourth-order valence-electron chi connectivity index (χ4n) is 5.42. The molecule has 0 radical (unpaired) electrons. The number of allylic oxidation sites excluding steroid dienone is 3. The zero-order valence-corrected chi connectivity index (χ0v) is 27.9. The molecule has 0 aliphatic heterocycles. The lowest BCUT2D eigenvalue weighted by molar-refractivity contribution is 0.217. The van der Waals surface area contributed by atoms with E-state index in [2.05, 4.69) is 14.9 Å². The Bertz CT molecular complexity index is 1300. The molecule has 11 nitrogen and oxygen atoms in total. The first-order chi connectivity index (χ1) is 21.3. The molecular weight excluding hydrogens is 580 g/mol. The zero-order chi connectivity index (χ0) is 32.1. The summed E-state index contributed by atoms with van der Waals surface area (Å²) < 4.78 is 28.1. The maximum Gasteiger partial charge on any atom is 0.171 e. The van der Waals surface area contributed by atoms with E-state index in [9.17, 15) is 0 Å². The Morgan fingerprint density at radius 2 is 1.86 bits per heavy atom. The molecule has 1 fully saturated rings. The Hall–Kier alpha value is -3.61. The van der Waals surface area contributed by atoms with E-state index < -0.39 is 0 Å². The quantitative estimate of drug-likeness (QED) is 0.0784. The van der Waals surface area contributed by atoms with Crippen LogP contribution in [0.3, 0.4) is 0 Å². The van der Waals surface area contributed by atoms with Gasteiger partial charge in [-0.1, -0.05) is 12.5 Å². The molecule has 44 heavy (non-hydrogen) atoms. The molecule has 1 aromatic heterocycles. The Balaban J connectivity index is 2.04. The number of aromatic nitrogens is 2. The number of ether oxygens (including phenoxy) is 4. The van der Waals surface area contributed by atoms with Gasteiger partial charge in [0.1, 0.15) is 35.0 Å². The molecule has 12 heteroatoms. The van der Waals surface area contributed by atoms with Crippen molar-refractivity contribution in [1.29, 1.82) is 0 Å². The molecule has 0 spiro atoms. The highest BCUT2D eigenvalue weighted by molar-refractivity contribution is 7.93. The van der Waals surface area contributed by atoms with Gasteiger partial charge in [0, 0.05) is 43.1 Å². The number of hydrogen-bond donors (Lipinski definition) is 2. The van der Waals surface area contributed by atoms with Crippen LogP contribution in [0, 0.1) is 5.92 Å². The van der Waals surface area contributed by atoms with Crippen LogP contribution in [-0.2, 0) is 20.2 Å². The first-order valence-corrected chi connectivity index (χ1v) is 15.8. The smallest absolute Gasteiger partial charge is 0.171 e. The van der Waals surface area contributed by atoms with Crippen molar-refractivity contribution >= 4 is 29.4 Å². The lowest BCUT2D eigenvalue weighted by atomic mass is 9.86. The van der Waals surface area contributed by atoms with Gasteiger partial charge in [-0.15, -0.1) is 0 Å². The second kappa shape index (κ2) is 17.6. The predicted molar refractivity (Wildman–Crippen MR) is 179 cm³/mol. The highest BCUT2D eigenvalue weighted by Gasteiger charge is 2.29. The number of benzene rings is 1. The highest BCUT2D eigenvalue weighted by Crippen LogP contribution is 2.36. The van der Waals surface area contributed by atoms with Crippen molar-refractivity contribution in [3.05, 3.63) is 65.4 Å². The SMILES string of the molecule is C\C=C/C(=C\C(OC)=C(/C)CN(Cc1ccc(OC)cc1OC)c1ncnc(N(N)C2CCCC(COSC)C2)c1N)OC. The topological polar surface area (TPSA) is 130 Å². The summed E-state index contributed by atoms with van der Waals surface area (Å²) in [4.78, 5) is 11.3. The second-order valence-electron chi connectivity index (χ2n) is 10.6. The molecule has 1 aliphatic rings.